The average molecular weight is 319 g/mol. The van der Waals surface area contributed by atoms with Gasteiger partial charge in [-0.05, 0) is 37.5 Å². The molecular weight excluding hydrogens is 294 g/mol. The van der Waals surface area contributed by atoms with Gasteiger partial charge in [0.05, 0.1) is 0 Å². The SMILES string of the molecule is CCOCC(=O)NCC1(c2ccc3c(c2)OCCO3)CCCC1. The zero-order valence-electron chi connectivity index (χ0n) is 13.7. The maximum atomic E-state index is 11.9. The highest BCUT2D eigenvalue weighted by Crippen LogP contribution is 2.43. The molecule has 0 radical (unpaired) electrons. The highest BCUT2D eigenvalue weighted by molar-refractivity contribution is 5.77. The van der Waals surface area contributed by atoms with E-state index in [0.29, 0.717) is 26.4 Å². The molecule has 1 heterocycles. The van der Waals surface area contributed by atoms with Gasteiger partial charge in [-0.15, -0.1) is 0 Å². The lowest BCUT2D eigenvalue weighted by Gasteiger charge is -2.31. The molecule has 0 aromatic heterocycles. The Morgan fingerprint density at radius 2 is 1.96 bits per heavy atom. The van der Waals surface area contributed by atoms with Crippen LogP contribution in [-0.4, -0.2) is 38.9 Å². The van der Waals surface area contributed by atoms with Gasteiger partial charge in [0.25, 0.3) is 0 Å². The van der Waals surface area contributed by atoms with Crippen LogP contribution in [0.1, 0.15) is 38.2 Å². The van der Waals surface area contributed by atoms with Crippen molar-refractivity contribution in [3.63, 3.8) is 0 Å². The average Bonchev–Trinajstić information content (AvgIpc) is 3.08. The largest absolute Gasteiger partial charge is 0.486 e. The first-order chi connectivity index (χ1) is 11.2. The third kappa shape index (κ3) is 3.61. The van der Waals surface area contributed by atoms with Crippen molar-refractivity contribution in [2.24, 2.45) is 0 Å². The summed E-state index contributed by atoms with van der Waals surface area (Å²) in [5, 5.41) is 3.04. The van der Waals surface area contributed by atoms with E-state index in [9.17, 15) is 4.79 Å². The van der Waals surface area contributed by atoms with Crippen molar-refractivity contribution in [2.75, 3.05) is 33.0 Å². The summed E-state index contributed by atoms with van der Waals surface area (Å²) in [7, 11) is 0. The molecule has 0 spiro atoms. The van der Waals surface area contributed by atoms with E-state index < -0.39 is 0 Å². The number of fused-ring (bicyclic) bond motifs is 1. The van der Waals surface area contributed by atoms with E-state index in [2.05, 4.69) is 17.4 Å². The predicted molar refractivity (Wildman–Crippen MR) is 87.1 cm³/mol. The first kappa shape index (κ1) is 16.1. The Labute approximate surface area is 137 Å². The molecule has 0 bridgehead atoms. The Hall–Kier alpha value is -1.75. The molecule has 5 nitrogen and oxygen atoms in total. The van der Waals surface area contributed by atoms with E-state index in [0.717, 1.165) is 24.3 Å². The van der Waals surface area contributed by atoms with Gasteiger partial charge in [0.2, 0.25) is 5.91 Å². The van der Waals surface area contributed by atoms with Crippen molar-refractivity contribution in [1.82, 2.24) is 5.32 Å². The summed E-state index contributed by atoms with van der Waals surface area (Å²) >= 11 is 0. The van der Waals surface area contributed by atoms with Crippen molar-refractivity contribution in [2.45, 2.75) is 38.0 Å². The molecule has 0 saturated heterocycles. The Morgan fingerprint density at radius 3 is 2.70 bits per heavy atom. The maximum Gasteiger partial charge on any atom is 0.246 e. The van der Waals surface area contributed by atoms with Gasteiger partial charge in [0, 0.05) is 18.6 Å². The number of nitrogens with one attached hydrogen (secondary N) is 1. The Morgan fingerprint density at radius 1 is 1.22 bits per heavy atom. The second-order valence-corrected chi connectivity index (χ2v) is 6.26. The summed E-state index contributed by atoms with van der Waals surface area (Å²) in [6.45, 7) is 4.42. The molecule has 23 heavy (non-hydrogen) atoms. The van der Waals surface area contributed by atoms with E-state index in [1.807, 2.05) is 13.0 Å². The molecule has 2 aliphatic rings. The fraction of sp³-hybridized carbons (Fsp3) is 0.611. The number of benzene rings is 1. The number of carbonyl (C=O) groups excluding carboxylic acids is 1. The van der Waals surface area contributed by atoms with Gasteiger partial charge in [0.15, 0.2) is 11.5 Å². The van der Waals surface area contributed by atoms with Crippen LogP contribution in [0.3, 0.4) is 0 Å². The fourth-order valence-corrected chi connectivity index (χ4v) is 3.51. The van der Waals surface area contributed by atoms with Gasteiger partial charge in [-0.3, -0.25) is 4.79 Å². The zero-order valence-corrected chi connectivity index (χ0v) is 13.7. The molecule has 5 heteroatoms. The van der Waals surface area contributed by atoms with E-state index in [-0.39, 0.29) is 17.9 Å². The Balaban J connectivity index is 1.74. The molecule has 3 rings (SSSR count). The van der Waals surface area contributed by atoms with Gasteiger partial charge in [-0.1, -0.05) is 18.9 Å². The monoisotopic (exact) mass is 319 g/mol. The summed E-state index contributed by atoms with van der Waals surface area (Å²) in [4.78, 5) is 11.9. The maximum absolute atomic E-state index is 11.9. The molecule has 1 N–H and O–H groups in total. The Bertz CT molecular complexity index is 552. The van der Waals surface area contributed by atoms with Gasteiger partial charge in [-0.2, -0.15) is 0 Å². The smallest absolute Gasteiger partial charge is 0.246 e. The number of ether oxygens (including phenoxy) is 3. The van der Waals surface area contributed by atoms with E-state index in [1.54, 1.807) is 0 Å². The first-order valence-electron chi connectivity index (χ1n) is 8.48. The summed E-state index contributed by atoms with van der Waals surface area (Å²) in [5.41, 5.74) is 1.23. The van der Waals surface area contributed by atoms with Gasteiger partial charge in [-0.25, -0.2) is 0 Å². The predicted octanol–water partition coefficient (Wildman–Crippen LogP) is 2.42. The van der Waals surface area contributed by atoms with Crippen molar-refractivity contribution < 1.29 is 19.0 Å². The number of rotatable bonds is 6. The molecular formula is C18H25NO4. The van der Waals surface area contributed by atoms with Crippen LogP contribution in [0.2, 0.25) is 0 Å². The van der Waals surface area contributed by atoms with Crippen LogP contribution >= 0.6 is 0 Å². The third-order valence-electron chi connectivity index (χ3n) is 4.78. The second-order valence-electron chi connectivity index (χ2n) is 6.26. The number of hydrogen-bond donors (Lipinski definition) is 1. The lowest BCUT2D eigenvalue weighted by Crippen LogP contribution is -2.40. The number of amides is 1. The minimum absolute atomic E-state index is 0.00227. The number of carbonyl (C=O) groups is 1. The normalized spacial score (nSPS) is 18.7. The molecule has 1 amide bonds. The summed E-state index contributed by atoms with van der Waals surface area (Å²) in [6.07, 6.45) is 4.55. The molecule has 1 saturated carbocycles. The van der Waals surface area contributed by atoms with Gasteiger partial charge >= 0.3 is 0 Å². The quantitative estimate of drug-likeness (QED) is 0.875. The van der Waals surface area contributed by atoms with E-state index >= 15 is 0 Å². The number of hydrogen-bond acceptors (Lipinski definition) is 4. The zero-order chi connectivity index (χ0) is 16.1. The summed E-state index contributed by atoms with van der Waals surface area (Å²) < 4.78 is 16.5. The Kier molecular flexibility index (Phi) is 5.06. The van der Waals surface area contributed by atoms with Crippen LogP contribution in [0.15, 0.2) is 18.2 Å². The molecule has 0 atom stereocenters. The van der Waals surface area contributed by atoms with Gasteiger partial charge in [0.1, 0.15) is 19.8 Å². The molecule has 1 aromatic rings. The van der Waals surface area contributed by atoms with E-state index in [4.69, 9.17) is 14.2 Å². The summed E-state index contributed by atoms with van der Waals surface area (Å²) in [6, 6.07) is 6.20. The molecule has 1 aliphatic carbocycles. The second kappa shape index (κ2) is 7.21. The van der Waals surface area contributed by atoms with Crippen molar-refractivity contribution in [3.05, 3.63) is 23.8 Å². The van der Waals surface area contributed by atoms with Crippen molar-refractivity contribution in [1.29, 1.82) is 0 Å². The molecule has 0 unspecified atom stereocenters. The van der Waals surface area contributed by atoms with Crippen LogP contribution in [0.5, 0.6) is 11.5 Å². The molecule has 1 aromatic carbocycles. The van der Waals surface area contributed by atoms with Crippen molar-refractivity contribution in [3.8, 4) is 11.5 Å². The molecule has 1 aliphatic heterocycles. The first-order valence-corrected chi connectivity index (χ1v) is 8.48. The van der Waals surface area contributed by atoms with Crippen molar-refractivity contribution >= 4 is 5.91 Å². The molecule has 126 valence electrons. The van der Waals surface area contributed by atoms with Crippen LogP contribution in [0, 0.1) is 0 Å². The lowest BCUT2D eigenvalue weighted by atomic mass is 9.78. The highest BCUT2D eigenvalue weighted by atomic mass is 16.6. The molecule has 1 fully saturated rings. The topological polar surface area (TPSA) is 56.8 Å². The highest BCUT2D eigenvalue weighted by Gasteiger charge is 2.36. The van der Waals surface area contributed by atoms with Crippen LogP contribution in [0.4, 0.5) is 0 Å². The fourth-order valence-electron chi connectivity index (χ4n) is 3.51. The van der Waals surface area contributed by atoms with Crippen LogP contribution in [0.25, 0.3) is 0 Å². The minimum Gasteiger partial charge on any atom is -0.486 e. The summed E-state index contributed by atoms with van der Waals surface area (Å²) in [5.74, 6) is 1.59. The standard InChI is InChI=1S/C18H25NO4/c1-2-21-12-17(20)19-13-18(7-3-4-8-18)14-5-6-15-16(11-14)23-10-9-22-15/h5-6,11H,2-4,7-10,12-13H2,1H3,(H,19,20). The van der Waals surface area contributed by atoms with Crippen LogP contribution in [-0.2, 0) is 14.9 Å². The van der Waals surface area contributed by atoms with Crippen LogP contribution < -0.4 is 14.8 Å². The van der Waals surface area contributed by atoms with Gasteiger partial charge < -0.3 is 19.5 Å². The third-order valence-corrected chi connectivity index (χ3v) is 4.78. The lowest BCUT2D eigenvalue weighted by molar-refractivity contribution is -0.125. The minimum atomic E-state index is -0.0457. The van der Waals surface area contributed by atoms with E-state index in [1.165, 1.54) is 18.4 Å².